The average molecular weight is 485 g/mol. The third-order valence-electron chi connectivity index (χ3n) is 4.90. The third-order valence-corrected chi connectivity index (χ3v) is 5.80. The van der Waals surface area contributed by atoms with Gasteiger partial charge in [0.1, 0.15) is 0 Å². The van der Waals surface area contributed by atoms with Crippen LogP contribution in [0.25, 0.3) is 6.08 Å². The Hall–Kier alpha value is -3.66. The summed E-state index contributed by atoms with van der Waals surface area (Å²) in [5.41, 5.74) is 0.725. The lowest BCUT2D eigenvalue weighted by Gasteiger charge is -2.14. The number of nitrogens with zero attached hydrogens (tertiary/aromatic N) is 1. The van der Waals surface area contributed by atoms with E-state index in [0.29, 0.717) is 34.5 Å². The summed E-state index contributed by atoms with van der Waals surface area (Å²) in [6, 6.07) is 12.4. The van der Waals surface area contributed by atoms with Gasteiger partial charge in [-0.05, 0) is 54.1 Å². The van der Waals surface area contributed by atoms with Crippen molar-refractivity contribution in [1.29, 1.82) is 0 Å². The summed E-state index contributed by atoms with van der Waals surface area (Å²) in [6.45, 7) is 2.68. The summed E-state index contributed by atoms with van der Waals surface area (Å²) in [7, 11) is 0. The van der Waals surface area contributed by atoms with Crippen LogP contribution in [0.5, 0.6) is 23.0 Å². The van der Waals surface area contributed by atoms with E-state index >= 15 is 0 Å². The molecule has 1 N–H and O–H groups in total. The van der Waals surface area contributed by atoms with Crippen molar-refractivity contribution in [2.45, 2.75) is 13.3 Å². The van der Waals surface area contributed by atoms with Gasteiger partial charge in [0.15, 0.2) is 29.6 Å². The number of hydrogen-bond acceptors (Lipinski definition) is 8. The average Bonchev–Trinajstić information content (AvgIpc) is 3.41. The Labute approximate surface area is 201 Å². The van der Waals surface area contributed by atoms with Gasteiger partial charge < -0.3 is 24.3 Å². The van der Waals surface area contributed by atoms with Gasteiger partial charge in [-0.3, -0.25) is 19.3 Å². The number of carbonyl (C=O) groups excluding carboxylic acids is 3. The fourth-order valence-corrected chi connectivity index (χ4v) is 4.11. The second-order valence-electron chi connectivity index (χ2n) is 7.38. The van der Waals surface area contributed by atoms with Crippen LogP contribution in [0.2, 0.25) is 0 Å². The standard InChI is InChI=1S/C24H24N2O7S/c1-2-11-30-17-5-3-4-6-18(17)31-14-22(27)25-9-10-26-23(28)21(34-24(26)29)13-16-7-8-19-20(12-16)33-15-32-19/h3-8,12-13H,2,9-11,14-15H2,1H3,(H,25,27)/b21-13-. The number of nitrogens with one attached hydrogen (secondary N) is 1. The Morgan fingerprint density at radius 3 is 2.68 bits per heavy atom. The molecule has 1 saturated heterocycles. The van der Waals surface area contributed by atoms with Crippen molar-refractivity contribution < 1.29 is 33.3 Å². The Bertz CT molecular complexity index is 1120. The Morgan fingerprint density at radius 2 is 1.88 bits per heavy atom. The molecular formula is C24H24N2O7S. The first-order valence-electron chi connectivity index (χ1n) is 10.8. The molecule has 2 heterocycles. The van der Waals surface area contributed by atoms with Crippen LogP contribution in [-0.4, -0.2) is 55.0 Å². The van der Waals surface area contributed by atoms with Crippen LogP contribution in [0.1, 0.15) is 18.9 Å². The van der Waals surface area contributed by atoms with Crippen molar-refractivity contribution >= 4 is 34.9 Å². The molecule has 2 aliphatic rings. The van der Waals surface area contributed by atoms with E-state index in [1.807, 2.05) is 13.0 Å². The first-order valence-corrected chi connectivity index (χ1v) is 11.6. The molecule has 0 saturated carbocycles. The maximum atomic E-state index is 12.7. The number of ether oxygens (including phenoxy) is 4. The number of amides is 3. The van der Waals surface area contributed by atoms with Gasteiger partial charge in [-0.25, -0.2) is 0 Å². The predicted molar refractivity (Wildman–Crippen MR) is 126 cm³/mol. The van der Waals surface area contributed by atoms with Crippen molar-refractivity contribution in [2.24, 2.45) is 0 Å². The highest BCUT2D eigenvalue weighted by Gasteiger charge is 2.34. The lowest BCUT2D eigenvalue weighted by Crippen LogP contribution is -2.38. The molecule has 2 aromatic rings. The fourth-order valence-electron chi connectivity index (χ4n) is 3.25. The van der Waals surface area contributed by atoms with E-state index in [4.69, 9.17) is 18.9 Å². The van der Waals surface area contributed by atoms with Gasteiger partial charge in [-0.2, -0.15) is 0 Å². The maximum Gasteiger partial charge on any atom is 0.293 e. The zero-order valence-electron chi connectivity index (χ0n) is 18.6. The smallest absolute Gasteiger partial charge is 0.293 e. The number of benzene rings is 2. The van der Waals surface area contributed by atoms with Gasteiger partial charge in [0.05, 0.1) is 11.5 Å². The summed E-state index contributed by atoms with van der Waals surface area (Å²) in [5.74, 6) is 1.52. The minimum absolute atomic E-state index is 0.0606. The number of hydrogen-bond donors (Lipinski definition) is 1. The van der Waals surface area contributed by atoms with Crippen molar-refractivity contribution in [3.05, 3.63) is 52.9 Å². The third kappa shape index (κ3) is 5.63. The zero-order chi connectivity index (χ0) is 23.9. The van der Waals surface area contributed by atoms with Crippen LogP contribution in [0.15, 0.2) is 47.4 Å². The van der Waals surface area contributed by atoms with E-state index in [2.05, 4.69) is 5.32 Å². The summed E-state index contributed by atoms with van der Waals surface area (Å²) < 4.78 is 21.8. The van der Waals surface area contributed by atoms with E-state index in [9.17, 15) is 14.4 Å². The normalized spacial score (nSPS) is 15.7. The molecule has 10 heteroatoms. The van der Waals surface area contributed by atoms with Gasteiger partial charge in [-0.15, -0.1) is 0 Å². The van der Waals surface area contributed by atoms with E-state index in [1.165, 1.54) is 0 Å². The molecule has 2 aliphatic heterocycles. The minimum Gasteiger partial charge on any atom is -0.490 e. The Balaban J connectivity index is 1.26. The van der Waals surface area contributed by atoms with Gasteiger partial charge in [0.2, 0.25) is 6.79 Å². The van der Waals surface area contributed by atoms with Crippen LogP contribution in [0, 0.1) is 0 Å². The molecule has 3 amide bonds. The number of thioether (sulfide) groups is 1. The SMILES string of the molecule is CCCOc1ccccc1OCC(=O)NCCN1C(=O)S/C(=C\c2ccc3c(c2)OCO3)C1=O. The molecule has 0 unspecified atom stereocenters. The van der Waals surface area contributed by atoms with Gasteiger partial charge in [0, 0.05) is 13.1 Å². The van der Waals surface area contributed by atoms with E-state index in [0.717, 1.165) is 28.6 Å². The summed E-state index contributed by atoms with van der Waals surface area (Å²) in [4.78, 5) is 38.6. The summed E-state index contributed by atoms with van der Waals surface area (Å²) in [6.07, 6.45) is 2.49. The quantitative estimate of drug-likeness (QED) is 0.512. The lowest BCUT2D eigenvalue weighted by atomic mass is 10.2. The Morgan fingerprint density at radius 1 is 1.12 bits per heavy atom. The molecule has 1 fully saturated rings. The van der Waals surface area contributed by atoms with Crippen molar-refractivity contribution in [2.75, 3.05) is 33.1 Å². The molecule has 0 radical (unpaired) electrons. The number of imide groups is 1. The first kappa shape index (κ1) is 23.5. The molecular weight excluding hydrogens is 460 g/mol. The van der Waals surface area contributed by atoms with Crippen LogP contribution in [-0.2, 0) is 9.59 Å². The largest absolute Gasteiger partial charge is 0.490 e. The topological polar surface area (TPSA) is 103 Å². The molecule has 178 valence electrons. The number of carbonyl (C=O) groups is 3. The molecule has 0 aromatic heterocycles. The minimum atomic E-state index is -0.403. The fraction of sp³-hybridized carbons (Fsp3) is 0.292. The molecule has 0 spiro atoms. The molecule has 9 nitrogen and oxygen atoms in total. The number of para-hydroxylation sites is 2. The van der Waals surface area contributed by atoms with Crippen molar-refractivity contribution in [3.8, 4) is 23.0 Å². The van der Waals surface area contributed by atoms with Crippen molar-refractivity contribution in [3.63, 3.8) is 0 Å². The van der Waals surface area contributed by atoms with Crippen molar-refractivity contribution in [1.82, 2.24) is 10.2 Å². The molecule has 0 atom stereocenters. The predicted octanol–water partition coefficient (Wildman–Crippen LogP) is 3.44. The van der Waals surface area contributed by atoms with Crippen LogP contribution >= 0.6 is 11.8 Å². The zero-order valence-corrected chi connectivity index (χ0v) is 19.4. The molecule has 4 rings (SSSR count). The van der Waals surface area contributed by atoms with E-state index < -0.39 is 5.91 Å². The second-order valence-corrected chi connectivity index (χ2v) is 8.37. The molecule has 34 heavy (non-hydrogen) atoms. The van der Waals surface area contributed by atoms with Crippen LogP contribution < -0.4 is 24.3 Å². The highest BCUT2D eigenvalue weighted by Crippen LogP contribution is 2.36. The first-order chi connectivity index (χ1) is 16.5. The van der Waals surface area contributed by atoms with Gasteiger partial charge in [0.25, 0.3) is 17.1 Å². The van der Waals surface area contributed by atoms with Gasteiger partial charge in [-0.1, -0.05) is 25.1 Å². The molecule has 0 bridgehead atoms. The number of rotatable bonds is 10. The summed E-state index contributed by atoms with van der Waals surface area (Å²) >= 11 is 0.859. The monoisotopic (exact) mass is 484 g/mol. The van der Waals surface area contributed by atoms with E-state index in [-0.39, 0.29) is 37.6 Å². The van der Waals surface area contributed by atoms with Crippen LogP contribution in [0.3, 0.4) is 0 Å². The van der Waals surface area contributed by atoms with Crippen LogP contribution in [0.4, 0.5) is 4.79 Å². The number of fused-ring (bicyclic) bond motifs is 1. The van der Waals surface area contributed by atoms with E-state index in [1.54, 1.807) is 42.5 Å². The highest BCUT2D eigenvalue weighted by molar-refractivity contribution is 8.18. The molecule has 2 aromatic carbocycles. The second kappa shape index (κ2) is 11.0. The Kier molecular flexibility index (Phi) is 7.58. The molecule has 0 aliphatic carbocycles. The summed E-state index contributed by atoms with van der Waals surface area (Å²) in [5, 5.41) is 2.28. The van der Waals surface area contributed by atoms with Gasteiger partial charge >= 0.3 is 0 Å². The maximum absolute atomic E-state index is 12.7. The highest BCUT2D eigenvalue weighted by atomic mass is 32.2. The lowest BCUT2D eigenvalue weighted by molar-refractivity contribution is -0.125.